The molecule has 0 spiro atoms. The second-order valence-corrected chi connectivity index (χ2v) is 13.5. The first kappa shape index (κ1) is 25.4. The fourth-order valence-electron chi connectivity index (χ4n) is 4.16. The number of thiazole rings is 1. The maximum atomic E-state index is 13.4. The lowest BCUT2D eigenvalue weighted by Gasteiger charge is -2.28. The number of nitrogens with one attached hydrogen (secondary N) is 2. The topological polar surface area (TPSA) is 95.5 Å². The van der Waals surface area contributed by atoms with E-state index in [4.69, 9.17) is 21.1 Å². The molecule has 7 nitrogen and oxygen atoms in total. The molecule has 0 unspecified atom stereocenters. The Morgan fingerprint density at radius 2 is 1.92 bits per heavy atom. The van der Waals surface area contributed by atoms with Gasteiger partial charge in [0, 0.05) is 16.4 Å². The first-order valence-corrected chi connectivity index (χ1v) is 14.0. The molecule has 1 aliphatic carbocycles. The molecule has 1 saturated carbocycles. The van der Waals surface area contributed by atoms with Crippen molar-refractivity contribution < 1.29 is 18.8 Å². The van der Waals surface area contributed by atoms with Crippen molar-refractivity contribution in [3.05, 3.63) is 69.2 Å². The van der Waals surface area contributed by atoms with Crippen molar-refractivity contribution in [3.63, 3.8) is 0 Å². The number of nitrogens with zero attached hydrogens (tertiary/aromatic N) is 1. The number of halogens is 1. The fourth-order valence-corrected chi connectivity index (χ4v) is 6.33. The van der Waals surface area contributed by atoms with Crippen LogP contribution in [0.3, 0.4) is 0 Å². The first-order valence-electron chi connectivity index (χ1n) is 11.7. The van der Waals surface area contributed by atoms with E-state index in [1.165, 1.54) is 11.3 Å². The van der Waals surface area contributed by atoms with Gasteiger partial charge in [-0.25, -0.2) is 4.98 Å². The highest BCUT2D eigenvalue weighted by Crippen LogP contribution is 2.51. The first-order chi connectivity index (χ1) is 17.1. The van der Waals surface area contributed by atoms with E-state index in [9.17, 15) is 9.35 Å². The van der Waals surface area contributed by atoms with E-state index in [0.29, 0.717) is 21.7 Å². The summed E-state index contributed by atoms with van der Waals surface area (Å²) < 4.78 is 26.7. The van der Waals surface area contributed by atoms with Crippen LogP contribution in [-0.2, 0) is 21.6 Å². The number of benzene rings is 2. The number of rotatable bonds is 7. The van der Waals surface area contributed by atoms with Crippen LogP contribution in [0.5, 0.6) is 11.5 Å². The van der Waals surface area contributed by atoms with Gasteiger partial charge >= 0.3 is 0 Å². The zero-order chi connectivity index (χ0) is 25.7. The van der Waals surface area contributed by atoms with Gasteiger partial charge in [-0.2, -0.15) is 0 Å². The minimum absolute atomic E-state index is 0.0952. The van der Waals surface area contributed by atoms with Gasteiger partial charge < -0.3 is 19.3 Å². The second-order valence-electron chi connectivity index (χ2n) is 10.0. The van der Waals surface area contributed by atoms with Gasteiger partial charge in [-0.05, 0) is 69.9 Å². The lowest BCUT2D eigenvalue weighted by Crippen LogP contribution is -2.41. The molecule has 190 valence electrons. The zero-order valence-electron chi connectivity index (χ0n) is 20.5. The van der Waals surface area contributed by atoms with Gasteiger partial charge in [0.25, 0.3) is 0 Å². The lowest BCUT2D eigenvalue weighted by molar-refractivity contribution is -0.118. The fraction of sp³-hybridized carbons (Fsp3) is 0.385. The highest BCUT2D eigenvalue weighted by atomic mass is 35.5. The van der Waals surface area contributed by atoms with Crippen molar-refractivity contribution in [1.82, 2.24) is 9.71 Å². The summed E-state index contributed by atoms with van der Waals surface area (Å²) in [6.07, 6.45) is 1.51. The van der Waals surface area contributed by atoms with Crippen LogP contribution in [0.25, 0.3) is 0 Å². The van der Waals surface area contributed by atoms with Gasteiger partial charge in [0.15, 0.2) is 16.6 Å². The van der Waals surface area contributed by atoms with Crippen molar-refractivity contribution in [2.75, 3.05) is 12.1 Å². The van der Waals surface area contributed by atoms with E-state index in [2.05, 4.69) is 15.0 Å². The van der Waals surface area contributed by atoms with E-state index >= 15 is 0 Å². The summed E-state index contributed by atoms with van der Waals surface area (Å²) >= 11 is 6.56. The summed E-state index contributed by atoms with van der Waals surface area (Å²) in [5, 5.41) is 4.10. The molecule has 2 heterocycles. The summed E-state index contributed by atoms with van der Waals surface area (Å²) in [6, 6.07) is 12.7. The van der Waals surface area contributed by atoms with Gasteiger partial charge in [-0.15, -0.1) is 4.72 Å². The Hall–Kier alpha value is -2.30. The number of hydrogen-bond donors (Lipinski definition) is 2. The Bertz CT molecular complexity index is 1300. The molecule has 0 radical (unpaired) electrons. The minimum atomic E-state index is -1.35. The maximum Gasteiger partial charge on any atom is 0.236 e. The molecular formula is C26H28ClN3O4S2. The van der Waals surface area contributed by atoms with Gasteiger partial charge in [-0.1, -0.05) is 47.2 Å². The summed E-state index contributed by atoms with van der Waals surface area (Å²) in [5.74, 6) is 1.27. The van der Waals surface area contributed by atoms with Gasteiger partial charge in [0.05, 0.1) is 16.0 Å². The molecule has 10 heteroatoms. The van der Waals surface area contributed by atoms with E-state index < -0.39 is 27.6 Å². The third-order valence-corrected chi connectivity index (χ3v) is 9.47. The van der Waals surface area contributed by atoms with Crippen molar-refractivity contribution in [3.8, 4) is 11.5 Å². The molecule has 2 N–H and O–H groups in total. The molecular weight excluding hydrogens is 518 g/mol. The van der Waals surface area contributed by atoms with Gasteiger partial charge in [-0.3, -0.25) is 4.79 Å². The number of carbonyl (C=O) groups is 1. The molecule has 1 aliphatic heterocycles. The maximum absolute atomic E-state index is 13.4. The summed E-state index contributed by atoms with van der Waals surface area (Å²) in [4.78, 5) is 18.9. The smallest absolute Gasteiger partial charge is 0.236 e. The number of ether oxygens (including phenoxy) is 2. The average Bonchev–Trinajstić information content (AvgIpc) is 3.38. The van der Waals surface area contributed by atoms with Crippen molar-refractivity contribution in [1.29, 1.82) is 0 Å². The van der Waals surface area contributed by atoms with Crippen LogP contribution in [0, 0.1) is 6.92 Å². The number of amides is 1. The molecule has 5 rings (SSSR count). The molecule has 1 fully saturated rings. The SMILES string of the molecule is Cc1nc(NC(=O)C2(c3ccc4c(c3)OCO4)CC2)sc1[C@H](N[S@+]([O-])C(C)(C)C)c1ccccc1Cl. The van der Waals surface area contributed by atoms with E-state index in [1.807, 2.05) is 70.2 Å². The molecule has 2 aliphatic rings. The standard InChI is InChI=1S/C26H28ClN3O4S2/c1-15-22(21(30-36(32)25(2,3)4)17-7-5-6-8-18(17)27)35-24(28-15)29-23(31)26(11-12-26)16-9-10-19-20(13-16)34-14-33-19/h5-10,13,21,30H,11-12,14H2,1-4H3,(H,28,29,31)/t21-,36-/m1/s1. The molecule has 0 saturated heterocycles. The number of aromatic nitrogens is 1. The Kier molecular flexibility index (Phi) is 6.72. The Labute approximate surface area is 222 Å². The molecule has 1 amide bonds. The second kappa shape index (κ2) is 9.54. The number of fused-ring (bicyclic) bond motifs is 1. The van der Waals surface area contributed by atoms with Crippen LogP contribution in [0.2, 0.25) is 5.02 Å². The number of aryl methyl sites for hydroxylation is 1. The van der Waals surface area contributed by atoms with Crippen LogP contribution in [0.4, 0.5) is 5.13 Å². The van der Waals surface area contributed by atoms with Gasteiger partial charge in [0.2, 0.25) is 12.7 Å². The van der Waals surface area contributed by atoms with E-state index in [-0.39, 0.29) is 12.7 Å². The molecule has 1 aromatic heterocycles. The summed E-state index contributed by atoms with van der Waals surface area (Å²) in [6.45, 7) is 7.82. The van der Waals surface area contributed by atoms with Crippen LogP contribution in [0.15, 0.2) is 42.5 Å². The highest BCUT2D eigenvalue weighted by Gasteiger charge is 2.52. The van der Waals surface area contributed by atoms with Crippen LogP contribution >= 0.6 is 22.9 Å². The Morgan fingerprint density at radius 1 is 1.19 bits per heavy atom. The molecule has 2 atom stereocenters. The van der Waals surface area contributed by atoms with Crippen molar-refractivity contribution in [2.45, 2.75) is 56.7 Å². The normalized spacial score (nSPS) is 17.5. The number of anilines is 1. The van der Waals surface area contributed by atoms with Crippen molar-refractivity contribution in [2.24, 2.45) is 0 Å². The zero-order valence-corrected chi connectivity index (χ0v) is 22.9. The Morgan fingerprint density at radius 3 is 2.61 bits per heavy atom. The van der Waals surface area contributed by atoms with Crippen LogP contribution in [0.1, 0.15) is 61.4 Å². The number of carbonyl (C=O) groups excluding carboxylic acids is 1. The van der Waals surface area contributed by atoms with Gasteiger partial charge in [0.1, 0.15) is 10.8 Å². The largest absolute Gasteiger partial charge is 0.598 e. The Balaban J connectivity index is 1.41. The van der Waals surface area contributed by atoms with Crippen molar-refractivity contribution >= 4 is 45.3 Å². The van der Waals surface area contributed by atoms with Crippen LogP contribution < -0.4 is 19.5 Å². The molecule has 2 aromatic carbocycles. The van der Waals surface area contributed by atoms with E-state index in [0.717, 1.165) is 34.5 Å². The van der Waals surface area contributed by atoms with E-state index in [1.54, 1.807) is 0 Å². The predicted octanol–water partition coefficient (Wildman–Crippen LogP) is 5.65. The summed E-state index contributed by atoms with van der Waals surface area (Å²) in [5.41, 5.74) is 1.86. The minimum Gasteiger partial charge on any atom is -0.598 e. The monoisotopic (exact) mass is 545 g/mol. The third-order valence-electron chi connectivity index (χ3n) is 6.42. The molecule has 3 aromatic rings. The summed E-state index contributed by atoms with van der Waals surface area (Å²) in [7, 11) is 0. The molecule has 36 heavy (non-hydrogen) atoms. The lowest BCUT2D eigenvalue weighted by atomic mass is 9.94. The number of hydrogen-bond acceptors (Lipinski definition) is 7. The average molecular weight is 546 g/mol. The third kappa shape index (κ3) is 4.82. The highest BCUT2D eigenvalue weighted by molar-refractivity contribution is 7.90. The quantitative estimate of drug-likeness (QED) is 0.373. The predicted molar refractivity (Wildman–Crippen MR) is 143 cm³/mol. The molecule has 0 bridgehead atoms. The van der Waals surface area contributed by atoms with Crippen LogP contribution in [-0.4, -0.2) is 27.0 Å².